The highest BCUT2D eigenvalue weighted by Gasteiger charge is 2.31. The Morgan fingerprint density at radius 3 is 2.68 bits per heavy atom. The van der Waals surface area contributed by atoms with Gasteiger partial charge < -0.3 is 19.7 Å². The Hall–Kier alpha value is -2.53. The lowest BCUT2D eigenvalue weighted by molar-refractivity contribution is 0.0631. The number of carbonyl (C=O) groups is 1. The Morgan fingerprint density at radius 1 is 1.16 bits per heavy atom. The molecular weight excluding hydrogens is 316 g/mol. The molecule has 1 amide bonds. The first-order valence-electron chi connectivity index (χ1n) is 8.45. The second kappa shape index (κ2) is 7.57. The number of nitrogens with zero attached hydrogens (tertiary/aromatic N) is 1. The van der Waals surface area contributed by atoms with Gasteiger partial charge in [-0.25, -0.2) is 0 Å². The summed E-state index contributed by atoms with van der Waals surface area (Å²) in [6.45, 7) is 4.09. The number of aryl methyl sites for hydroxylation is 1. The van der Waals surface area contributed by atoms with Crippen molar-refractivity contribution >= 4 is 5.91 Å². The minimum atomic E-state index is -0.0566. The molecular formula is C20H24N2O3. The van der Waals surface area contributed by atoms with Gasteiger partial charge >= 0.3 is 0 Å². The lowest BCUT2D eigenvalue weighted by Gasteiger charge is -2.37. The molecule has 2 aromatic rings. The molecule has 1 aliphatic rings. The van der Waals surface area contributed by atoms with Crippen molar-refractivity contribution in [2.24, 2.45) is 0 Å². The average Bonchev–Trinajstić information content (AvgIpc) is 2.67. The van der Waals surface area contributed by atoms with Crippen molar-refractivity contribution in [2.75, 3.05) is 33.9 Å². The van der Waals surface area contributed by atoms with Crippen molar-refractivity contribution in [2.45, 2.75) is 13.0 Å². The summed E-state index contributed by atoms with van der Waals surface area (Å²) in [4.78, 5) is 15.2. The standard InChI is InChI=1S/C20H24N2O3/c1-14-12-15(24-2)8-9-16(14)20(23)22-11-10-21-13-18(22)17-6-4-5-7-19(17)25-3/h4-9,12,18,21H,10-11,13H2,1-3H3. The van der Waals surface area contributed by atoms with E-state index in [-0.39, 0.29) is 11.9 Å². The summed E-state index contributed by atoms with van der Waals surface area (Å²) in [5.41, 5.74) is 2.65. The lowest BCUT2D eigenvalue weighted by Crippen LogP contribution is -2.48. The SMILES string of the molecule is COc1ccc(C(=O)N2CCNCC2c2ccccc2OC)c(C)c1. The number of benzene rings is 2. The second-order valence-corrected chi connectivity index (χ2v) is 6.14. The van der Waals surface area contributed by atoms with E-state index in [1.54, 1.807) is 14.2 Å². The Bertz CT molecular complexity index is 760. The first-order chi connectivity index (χ1) is 12.2. The van der Waals surface area contributed by atoms with Gasteiger partial charge in [-0.3, -0.25) is 4.79 Å². The number of carbonyl (C=O) groups excluding carboxylic acids is 1. The van der Waals surface area contributed by atoms with E-state index in [9.17, 15) is 4.79 Å². The maximum atomic E-state index is 13.2. The van der Waals surface area contributed by atoms with Crippen LogP contribution in [0.2, 0.25) is 0 Å². The molecule has 0 saturated carbocycles. The van der Waals surface area contributed by atoms with E-state index in [2.05, 4.69) is 5.32 Å². The molecule has 0 aromatic heterocycles. The maximum Gasteiger partial charge on any atom is 0.254 e. The number of nitrogens with one attached hydrogen (secondary N) is 1. The third-order valence-corrected chi connectivity index (χ3v) is 4.67. The number of piperazine rings is 1. The van der Waals surface area contributed by atoms with Gasteiger partial charge in [0.25, 0.3) is 5.91 Å². The molecule has 0 radical (unpaired) electrons. The van der Waals surface area contributed by atoms with Crippen molar-refractivity contribution in [3.63, 3.8) is 0 Å². The van der Waals surface area contributed by atoms with Crippen molar-refractivity contribution in [1.29, 1.82) is 0 Å². The Morgan fingerprint density at radius 2 is 1.96 bits per heavy atom. The second-order valence-electron chi connectivity index (χ2n) is 6.14. The first-order valence-corrected chi connectivity index (χ1v) is 8.45. The molecule has 1 atom stereocenters. The molecule has 132 valence electrons. The van der Waals surface area contributed by atoms with Gasteiger partial charge in [-0.1, -0.05) is 18.2 Å². The molecule has 3 rings (SSSR count). The zero-order valence-electron chi connectivity index (χ0n) is 14.9. The van der Waals surface area contributed by atoms with Gasteiger partial charge in [0.05, 0.1) is 20.3 Å². The molecule has 0 aliphatic carbocycles. The van der Waals surface area contributed by atoms with E-state index in [0.29, 0.717) is 18.7 Å². The third kappa shape index (κ3) is 3.46. The van der Waals surface area contributed by atoms with Crippen LogP contribution in [-0.4, -0.2) is 44.7 Å². The van der Waals surface area contributed by atoms with Crippen molar-refractivity contribution in [3.8, 4) is 11.5 Å². The zero-order valence-corrected chi connectivity index (χ0v) is 14.9. The highest BCUT2D eigenvalue weighted by molar-refractivity contribution is 5.96. The van der Waals surface area contributed by atoms with Crippen LogP contribution in [0.25, 0.3) is 0 Å². The van der Waals surface area contributed by atoms with Crippen molar-refractivity contribution < 1.29 is 14.3 Å². The van der Waals surface area contributed by atoms with Crippen LogP contribution >= 0.6 is 0 Å². The molecule has 1 heterocycles. The molecule has 0 spiro atoms. The maximum absolute atomic E-state index is 13.2. The van der Waals surface area contributed by atoms with Crippen LogP contribution < -0.4 is 14.8 Å². The van der Waals surface area contributed by atoms with Crippen LogP contribution in [-0.2, 0) is 0 Å². The fourth-order valence-corrected chi connectivity index (χ4v) is 3.32. The summed E-state index contributed by atoms with van der Waals surface area (Å²) < 4.78 is 10.7. The summed E-state index contributed by atoms with van der Waals surface area (Å²) >= 11 is 0. The fraction of sp³-hybridized carbons (Fsp3) is 0.350. The molecule has 1 saturated heterocycles. The number of methoxy groups -OCH3 is 2. The quantitative estimate of drug-likeness (QED) is 0.930. The molecule has 1 aliphatic heterocycles. The van der Waals surface area contributed by atoms with Gasteiger partial charge in [0, 0.05) is 30.8 Å². The summed E-state index contributed by atoms with van der Waals surface area (Å²) in [6.07, 6.45) is 0. The first kappa shape index (κ1) is 17.3. The third-order valence-electron chi connectivity index (χ3n) is 4.67. The molecule has 5 heteroatoms. The number of hydrogen-bond donors (Lipinski definition) is 1. The smallest absolute Gasteiger partial charge is 0.254 e. The van der Waals surface area contributed by atoms with Crippen LogP contribution in [0, 0.1) is 6.92 Å². The molecule has 5 nitrogen and oxygen atoms in total. The molecule has 25 heavy (non-hydrogen) atoms. The number of amides is 1. The normalized spacial score (nSPS) is 17.2. The van der Waals surface area contributed by atoms with Crippen LogP contribution in [0.4, 0.5) is 0 Å². The number of para-hydroxylation sites is 1. The molecule has 2 aromatic carbocycles. The molecule has 1 N–H and O–H groups in total. The summed E-state index contributed by atoms with van der Waals surface area (Å²) in [7, 11) is 3.29. The van der Waals surface area contributed by atoms with Gasteiger partial charge in [0.15, 0.2) is 0 Å². The number of ether oxygens (including phenoxy) is 2. The Kier molecular flexibility index (Phi) is 5.24. The van der Waals surface area contributed by atoms with Gasteiger partial charge in [0.1, 0.15) is 11.5 Å². The highest BCUT2D eigenvalue weighted by Crippen LogP contribution is 2.31. The molecule has 1 fully saturated rings. The Balaban J connectivity index is 1.94. The zero-order chi connectivity index (χ0) is 17.8. The van der Waals surface area contributed by atoms with E-state index in [1.165, 1.54) is 0 Å². The largest absolute Gasteiger partial charge is 0.497 e. The lowest BCUT2D eigenvalue weighted by atomic mass is 9.99. The highest BCUT2D eigenvalue weighted by atomic mass is 16.5. The van der Waals surface area contributed by atoms with Crippen LogP contribution in [0.1, 0.15) is 27.5 Å². The van der Waals surface area contributed by atoms with E-state index in [4.69, 9.17) is 9.47 Å². The van der Waals surface area contributed by atoms with Gasteiger partial charge in [0.2, 0.25) is 0 Å². The average molecular weight is 340 g/mol. The topological polar surface area (TPSA) is 50.8 Å². The summed E-state index contributed by atoms with van der Waals surface area (Å²) in [5.74, 6) is 1.61. The van der Waals surface area contributed by atoms with Crippen LogP contribution in [0.15, 0.2) is 42.5 Å². The van der Waals surface area contributed by atoms with Gasteiger partial charge in [-0.15, -0.1) is 0 Å². The monoisotopic (exact) mass is 340 g/mol. The van der Waals surface area contributed by atoms with E-state index < -0.39 is 0 Å². The van der Waals surface area contributed by atoms with Crippen LogP contribution in [0.5, 0.6) is 11.5 Å². The molecule has 1 unspecified atom stereocenters. The Labute approximate surface area is 148 Å². The predicted molar refractivity (Wildman–Crippen MR) is 97.4 cm³/mol. The molecule has 0 bridgehead atoms. The summed E-state index contributed by atoms with van der Waals surface area (Å²) in [5, 5.41) is 3.38. The number of rotatable bonds is 4. The summed E-state index contributed by atoms with van der Waals surface area (Å²) in [6, 6.07) is 13.4. The van der Waals surface area contributed by atoms with Gasteiger partial charge in [-0.2, -0.15) is 0 Å². The minimum absolute atomic E-state index is 0.0394. The fourth-order valence-electron chi connectivity index (χ4n) is 3.32. The van der Waals surface area contributed by atoms with E-state index in [0.717, 1.165) is 29.2 Å². The number of hydrogen-bond acceptors (Lipinski definition) is 4. The van der Waals surface area contributed by atoms with Crippen molar-refractivity contribution in [1.82, 2.24) is 10.2 Å². The van der Waals surface area contributed by atoms with E-state index >= 15 is 0 Å². The van der Waals surface area contributed by atoms with E-state index in [1.807, 2.05) is 54.3 Å². The predicted octanol–water partition coefficient (Wildman–Crippen LogP) is 2.80. The minimum Gasteiger partial charge on any atom is -0.497 e. The van der Waals surface area contributed by atoms with Crippen molar-refractivity contribution in [3.05, 3.63) is 59.2 Å². The van der Waals surface area contributed by atoms with Gasteiger partial charge in [-0.05, 0) is 36.8 Å². The van der Waals surface area contributed by atoms with Crippen LogP contribution in [0.3, 0.4) is 0 Å².